The van der Waals surface area contributed by atoms with Crippen LogP contribution in [0, 0.1) is 11.6 Å². The summed E-state index contributed by atoms with van der Waals surface area (Å²) in [5, 5.41) is 6.42. The number of nitrogens with one attached hydrogen (secondary N) is 1. The highest BCUT2D eigenvalue weighted by molar-refractivity contribution is 7.17. The molecule has 0 aliphatic heterocycles. The molecule has 0 aliphatic rings. The topological polar surface area (TPSA) is 77.1 Å². The quantitative estimate of drug-likeness (QED) is 0.480. The molecule has 0 bridgehead atoms. The van der Waals surface area contributed by atoms with Gasteiger partial charge in [-0.1, -0.05) is 25.1 Å². The maximum atomic E-state index is 13.8. The highest BCUT2D eigenvalue weighted by atomic mass is 32.1. The number of carbonyl (C=O) groups excluding carboxylic acids is 1. The van der Waals surface area contributed by atoms with Crippen LogP contribution < -0.4 is 11.1 Å². The third-order valence-corrected chi connectivity index (χ3v) is 5.86. The van der Waals surface area contributed by atoms with Gasteiger partial charge >= 0.3 is 5.76 Å². The van der Waals surface area contributed by atoms with Gasteiger partial charge < -0.3 is 9.73 Å². The molecule has 1 N–H and O–H groups in total. The molecule has 4 aromatic rings. The number of para-hydroxylation sites is 1. The van der Waals surface area contributed by atoms with Crippen molar-refractivity contribution in [2.24, 2.45) is 7.05 Å². The van der Waals surface area contributed by atoms with Gasteiger partial charge in [-0.3, -0.25) is 4.79 Å². The van der Waals surface area contributed by atoms with E-state index in [-0.39, 0.29) is 5.89 Å². The minimum absolute atomic E-state index is 0.218. The maximum Gasteiger partial charge on any atom is 0.437 e. The number of benzene rings is 2. The average Bonchev–Trinajstić information content (AvgIpc) is 3.37. The number of aromatic nitrogens is 2. The summed E-state index contributed by atoms with van der Waals surface area (Å²) in [6.45, 7) is 1.96. The van der Waals surface area contributed by atoms with Crippen molar-refractivity contribution >= 4 is 22.9 Å². The fourth-order valence-corrected chi connectivity index (χ4v) is 4.21. The second-order valence-corrected chi connectivity index (χ2v) is 7.78. The molecule has 9 heteroatoms. The van der Waals surface area contributed by atoms with Gasteiger partial charge in [-0.2, -0.15) is 4.68 Å². The molecule has 0 fully saturated rings. The molecular weight excluding hydrogens is 424 g/mol. The Kier molecular flexibility index (Phi) is 5.51. The summed E-state index contributed by atoms with van der Waals surface area (Å²) in [5.74, 6) is -2.63. The number of amides is 1. The van der Waals surface area contributed by atoms with Crippen LogP contribution in [0.3, 0.4) is 0 Å². The molecule has 4 rings (SSSR count). The first-order valence-corrected chi connectivity index (χ1v) is 10.2. The van der Waals surface area contributed by atoms with E-state index >= 15 is 0 Å². The van der Waals surface area contributed by atoms with Crippen LogP contribution in [0.15, 0.2) is 57.7 Å². The van der Waals surface area contributed by atoms with Gasteiger partial charge in [0.15, 0.2) is 0 Å². The zero-order valence-corrected chi connectivity index (χ0v) is 17.4. The number of nitrogens with zero attached hydrogens (tertiary/aromatic N) is 2. The SMILES string of the molecule is CCc1c(-c2nn(C)c(=O)o2)cccc1-c1ccc(C(=O)Nc2c(F)cccc2F)s1. The first-order valence-electron chi connectivity index (χ1n) is 9.41. The Morgan fingerprint density at radius 2 is 1.77 bits per heavy atom. The number of carbonyl (C=O) groups is 1. The molecule has 6 nitrogen and oxygen atoms in total. The van der Waals surface area contributed by atoms with E-state index in [1.165, 1.54) is 24.5 Å². The minimum Gasteiger partial charge on any atom is -0.388 e. The van der Waals surface area contributed by atoms with Crippen LogP contribution in [0.25, 0.3) is 21.9 Å². The molecule has 2 aromatic carbocycles. The smallest absolute Gasteiger partial charge is 0.388 e. The second kappa shape index (κ2) is 8.27. The molecule has 0 atom stereocenters. The molecule has 0 radical (unpaired) electrons. The Bertz CT molecular complexity index is 1320. The number of halogens is 2. The van der Waals surface area contributed by atoms with Gasteiger partial charge in [0.1, 0.15) is 17.3 Å². The first kappa shape index (κ1) is 20.7. The van der Waals surface area contributed by atoms with Crippen molar-refractivity contribution in [3.05, 3.63) is 81.2 Å². The van der Waals surface area contributed by atoms with Gasteiger partial charge in [0.2, 0.25) is 5.89 Å². The number of rotatable bonds is 5. The van der Waals surface area contributed by atoms with Crippen molar-refractivity contribution in [2.75, 3.05) is 5.32 Å². The first-order chi connectivity index (χ1) is 14.9. The Morgan fingerprint density at radius 1 is 1.10 bits per heavy atom. The molecule has 0 spiro atoms. The number of thiophene rings is 1. The molecule has 2 aromatic heterocycles. The van der Waals surface area contributed by atoms with Gasteiger partial charge in [-0.05, 0) is 47.9 Å². The van der Waals surface area contributed by atoms with Crippen LogP contribution in [0.2, 0.25) is 0 Å². The molecule has 158 valence electrons. The summed E-state index contributed by atoms with van der Waals surface area (Å²) in [5.41, 5.74) is 1.96. The van der Waals surface area contributed by atoms with E-state index in [1.54, 1.807) is 12.1 Å². The number of hydrogen-bond donors (Lipinski definition) is 1. The highest BCUT2D eigenvalue weighted by Gasteiger charge is 2.19. The van der Waals surface area contributed by atoms with Crippen LogP contribution in [-0.4, -0.2) is 15.7 Å². The van der Waals surface area contributed by atoms with Crippen LogP contribution in [0.5, 0.6) is 0 Å². The van der Waals surface area contributed by atoms with Crippen molar-refractivity contribution < 1.29 is 18.0 Å². The van der Waals surface area contributed by atoms with E-state index in [2.05, 4.69) is 10.4 Å². The van der Waals surface area contributed by atoms with Crippen LogP contribution in [0.1, 0.15) is 22.2 Å². The fraction of sp³-hybridized carbons (Fsp3) is 0.136. The third-order valence-electron chi connectivity index (χ3n) is 4.75. The van der Waals surface area contributed by atoms with Gasteiger partial charge in [0.25, 0.3) is 5.91 Å². The lowest BCUT2D eigenvalue weighted by Gasteiger charge is -2.10. The van der Waals surface area contributed by atoms with Gasteiger partial charge in [-0.15, -0.1) is 16.4 Å². The number of hydrogen-bond acceptors (Lipinski definition) is 5. The van der Waals surface area contributed by atoms with Gasteiger partial charge in [0, 0.05) is 17.5 Å². The maximum absolute atomic E-state index is 13.8. The number of aryl methyl sites for hydroxylation is 1. The second-order valence-electron chi connectivity index (χ2n) is 6.70. The normalized spacial score (nSPS) is 11.0. The Morgan fingerprint density at radius 3 is 2.42 bits per heavy atom. The van der Waals surface area contributed by atoms with E-state index in [4.69, 9.17) is 4.42 Å². The lowest BCUT2D eigenvalue weighted by Crippen LogP contribution is -2.12. The Hall–Kier alpha value is -3.59. The van der Waals surface area contributed by atoms with Crippen molar-refractivity contribution in [3.63, 3.8) is 0 Å². The van der Waals surface area contributed by atoms with Crippen LogP contribution in [0.4, 0.5) is 14.5 Å². The summed E-state index contributed by atoms with van der Waals surface area (Å²) in [6, 6.07) is 12.3. The molecule has 31 heavy (non-hydrogen) atoms. The minimum atomic E-state index is -0.844. The van der Waals surface area contributed by atoms with Gasteiger partial charge in [0.05, 0.1) is 4.88 Å². The van der Waals surface area contributed by atoms with E-state index in [0.717, 1.165) is 32.8 Å². The highest BCUT2D eigenvalue weighted by Crippen LogP contribution is 2.36. The Labute approximate surface area is 179 Å². The predicted octanol–water partition coefficient (Wildman–Crippen LogP) is 4.86. The fourth-order valence-electron chi connectivity index (χ4n) is 3.25. The van der Waals surface area contributed by atoms with E-state index in [0.29, 0.717) is 16.9 Å². The van der Waals surface area contributed by atoms with Crippen molar-refractivity contribution in [1.29, 1.82) is 0 Å². The van der Waals surface area contributed by atoms with Crippen molar-refractivity contribution in [2.45, 2.75) is 13.3 Å². The zero-order valence-electron chi connectivity index (χ0n) is 16.6. The molecule has 2 heterocycles. The summed E-state index contributed by atoms with van der Waals surface area (Å²) >= 11 is 1.19. The zero-order chi connectivity index (χ0) is 22.1. The van der Waals surface area contributed by atoms with Gasteiger partial charge in [-0.25, -0.2) is 13.6 Å². The van der Waals surface area contributed by atoms with Crippen LogP contribution in [-0.2, 0) is 13.5 Å². The average molecular weight is 441 g/mol. The summed E-state index contributed by atoms with van der Waals surface area (Å²) in [7, 11) is 1.51. The third kappa shape index (κ3) is 3.91. The van der Waals surface area contributed by atoms with Crippen molar-refractivity contribution in [1.82, 2.24) is 9.78 Å². The Balaban J connectivity index is 1.68. The molecule has 0 aliphatic carbocycles. The summed E-state index contributed by atoms with van der Waals surface area (Å²) < 4.78 is 34.0. The lowest BCUT2D eigenvalue weighted by atomic mass is 9.97. The van der Waals surface area contributed by atoms with E-state index in [1.807, 2.05) is 25.1 Å². The lowest BCUT2D eigenvalue weighted by molar-refractivity contribution is 0.102. The molecule has 0 saturated carbocycles. The predicted molar refractivity (Wildman–Crippen MR) is 114 cm³/mol. The standard InChI is InChI=1S/C22H17F2N3O3S/c1-3-12-13(6-4-7-14(12)21-26-27(2)22(29)30-21)17-10-11-18(31-17)20(28)25-19-15(23)8-5-9-16(19)24/h4-11H,3H2,1-2H3,(H,25,28). The largest absolute Gasteiger partial charge is 0.437 e. The monoisotopic (exact) mass is 441 g/mol. The molecule has 0 saturated heterocycles. The number of anilines is 1. The molecule has 1 amide bonds. The van der Waals surface area contributed by atoms with Crippen molar-refractivity contribution in [3.8, 4) is 21.9 Å². The summed E-state index contributed by atoms with van der Waals surface area (Å²) in [6.07, 6.45) is 0.631. The summed E-state index contributed by atoms with van der Waals surface area (Å²) in [4.78, 5) is 25.3. The van der Waals surface area contributed by atoms with Crippen LogP contribution >= 0.6 is 11.3 Å². The molecule has 0 unspecified atom stereocenters. The van der Waals surface area contributed by atoms with E-state index in [9.17, 15) is 18.4 Å². The van der Waals surface area contributed by atoms with E-state index < -0.39 is 29.0 Å². The molecular formula is C22H17F2N3O3S.